The number of fused-ring (bicyclic) bond motifs is 1. The van der Waals surface area contributed by atoms with Gasteiger partial charge in [0.25, 0.3) is 5.69 Å². The van der Waals surface area contributed by atoms with E-state index >= 15 is 0 Å². The Morgan fingerprint density at radius 2 is 2.30 bits per heavy atom. The number of nitro benzene ring substituents is 1. The third kappa shape index (κ3) is 2.32. The Labute approximate surface area is 129 Å². The number of nitrogens with zero attached hydrogens (tertiary/aromatic N) is 6. The van der Waals surface area contributed by atoms with Gasteiger partial charge >= 0.3 is 0 Å². The standard InChI is InChI=1S/C13H13N7O3/c21-20(22)11-6-8(13-15-17-18-16-13)5-10-9(11)7-14-19(10)12-3-1-2-4-23-12/h5-7,12H,1-4H2,(H,15,16,17,18). The van der Waals surface area contributed by atoms with Crippen molar-refractivity contribution < 1.29 is 9.66 Å². The zero-order valence-corrected chi connectivity index (χ0v) is 12.0. The minimum absolute atomic E-state index is 0.0376. The Bertz CT molecular complexity index is 852. The van der Waals surface area contributed by atoms with Crippen molar-refractivity contribution in [3.05, 3.63) is 28.4 Å². The van der Waals surface area contributed by atoms with Crippen LogP contribution in [-0.2, 0) is 4.74 Å². The summed E-state index contributed by atoms with van der Waals surface area (Å²) in [6.45, 7) is 0.665. The Hall–Kier alpha value is -2.88. The summed E-state index contributed by atoms with van der Waals surface area (Å²) in [4.78, 5) is 11.0. The van der Waals surface area contributed by atoms with Crippen molar-refractivity contribution in [3.8, 4) is 11.4 Å². The molecule has 10 heteroatoms. The molecule has 23 heavy (non-hydrogen) atoms. The highest BCUT2D eigenvalue weighted by Crippen LogP contribution is 2.33. The van der Waals surface area contributed by atoms with E-state index in [0.717, 1.165) is 19.3 Å². The quantitative estimate of drug-likeness (QED) is 0.577. The molecule has 4 rings (SSSR count). The highest BCUT2D eigenvalue weighted by Gasteiger charge is 2.24. The second-order valence-corrected chi connectivity index (χ2v) is 5.33. The van der Waals surface area contributed by atoms with Crippen molar-refractivity contribution >= 4 is 16.6 Å². The number of hydrogen-bond donors (Lipinski definition) is 1. The van der Waals surface area contributed by atoms with Crippen molar-refractivity contribution in [1.82, 2.24) is 30.4 Å². The van der Waals surface area contributed by atoms with E-state index in [4.69, 9.17) is 4.74 Å². The maximum absolute atomic E-state index is 11.4. The van der Waals surface area contributed by atoms with Gasteiger partial charge in [-0.05, 0) is 30.5 Å². The maximum atomic E-state index is 11.4. The van der Waals surface area contributed by atoms with Crippen LogP contribution in [0.2, 0.25) is 0 Å². The predicted molar refractivity (Wildman–Crippen MR) is 78.4 cm³/mol. The van der Waals surface area contributed by atoms with Gasteiger partial charge in [-0.3, -0.25) is 10.1 Å². The molecule has 0 aliphatic carbocycles. The molecule has 2 aromatic heterocycles. The van der Waals surface area contributed by atoms with Crippen LogP contribution in [-0.4, -0.2) is 41.9 Å². The van der Waals surface area contributed by atoms with Gasteiger partial charge in [-0.15, -0.1) is 10.2 Å². The van der Waals surface area contributed by atoms with E-state index in [9.17, 15) is 10.1 Å². The van der Waals surface area contributed by atoms with E-state index in [1.807, 2.05) is 0 Å². The first kappa shape index (κ1) is 13.8. The van der Waals surface area contributed by atoms with E-state index in [0.29, 0.717) is 28.9 Å². The number of benzene rings is 1. The van der Waals surface area contributed by atoms with Gasteiger partial charge in [-0.2, -0.15) is 10.3 Å². The molecular weight excluding hydrogens is 302 g/mol. The summed E-state index contributed by atoms with van der Waals surface area (Å²) in [5.41, 5.74) is 1.10. The number of ether oxygens (including phenoxy) is 1. The van der Waals surface area contributed by atoms with Crippen LogP contribution in [0, 0.1) is 10.1 Å². The molecule has 1 saturated heterocycles. The van der Waals surface area contributed by atoms with Crippen LogP contribution in [0.15, 0.2) is 18.3 Å². The number of non-ortho nitro benzene ring substituents is 1. The number of aromatic nitrogens is 6. The van der Waals surface area contributed by atoms with Crippen LogP contribution in [0.3, 0.4) is 0 Å². The summed E-state index contributed by atoms with van der Waals surface area (Å²) in [7, 11) is 0. The van der Waals surface area contributed by atoms with E-state index in [1.54, 1.807) is 10.7 Å². The zero-order chi connectivity index (χ0) is 15.8. The van der Waals surface area contributed by atoms with Gasteiger partial charge < -0.3 is 4.74 Å². The lowest BCUT2D eigenvalue weighted by Crippen LogP contribution is -2.19. The highest BCUT2D eigenvalue weighted by molar-refractivity contribution is 5.92. The van der Waals surface area contributed by atoms with Gasteiger partial charge in [-0.1, -0.05) is 0 Å². The van der Waals surface area contributed by atoms with Crippen LogP contribution in [0.1, 0.15) is 25.5 Å². The summed E-state index contributed by atoms with van der Waals surface area (Å²) in [5, 5.41) is 29.8. The van der Waals surface area contributed by atoms with Crippen molar-refractivity contribution in [3.63, 3.8) is 0 Å². The molecule has 3 heterocycles. The number of H-pyrrole nitrogens is 1. The Balaban J connectivity index is 1.91. The fraction of sp³-hybridized carbons (Fsp3) is 0.385. The van der Waals surface area contributed by atoms with Gasteiger partial charge in [0.05, 0.1) is 22.0 Å². The number of hydrogen-bond acceptors (Lipinski definition) is 7. The lowest BCUT2D eigenvalue weighted by molar-refractivity contribution is -0.383. The smallest absolute Gasteiger partial charge is 0.281 e. The SMILES string of the molecule is O=[N+]([O-])c1cc(-c2nn[nH]n2)cc2c1cnn2C1CCCCO1. The summed E-state index contributed by atoms with van der Waals surface area (Å²) >= 11 is 0. The Morgan fingerprint density at radius 1 is 1.39 bits per heavy atom. The van der Waals surface area contributed by atoms with Crippen LogP contribution in [0.25, 0.3) is 22.3 Å². The fourth-order valence-corrected chi connectivity index (χ4v) is 2.84. The molecule has 0 bridgehead atoms. The minimum Gasteiger partial charge on any atom is -0.356 e. The van der Waals surface area contributed by atoms with Gasteiger partial charge in [0.15, 0.2) is 6.23 Å². The third-order valence-electron chi connectivity index (χ3n) is 3.92. The monoisotopic (exact) mass is 315 g/mol. The predicted octanol–water partition coefficient (Wildman–Crippen LogP) is 1.82. The summed E-state index contributed by atoms with van der Waals surface area (Å²) in [6, 6.07) is 3.21. The normalized spacial score (nSPS) is 18.3. The number of nitro groups is 1. The zero-order valence-electron chi connectivity index (χ0n) is 12.0. The molecule has 0 saturated carbocycles. The molecule has 1 aliphatic heterocycles. The first-order valence-electron chi connectivity index (χ1n) is 7.25. The topological polar surface area (TPSA) is 125 Å². The van der Waals surface area contributed by atoms with E-state index < -0.39 is 4.92 Å². The molecule has 1 aromatic carbocycles. The highest BCUT2D eigenvalue weighted by atomic mass is 16.6. The molecule has 1 N–H and O–H groups in total. The third-order valence-corrected chi connectivity index (χ3v) is 3.92. The molecule has 1 aliphatic rings. The first-order chi connectivity index (χ1) is 11.2. The lowest BCUT2D eigenvalue weighted by Gasteiger charge is -2.23. The van der Waals surface area contributed by atoms with Gasteiger partial charge in [0.2, 0.25) is 5.82 Å². The van der Waals surface area contributed by atoms with Crippen LogP contribution >= 0.6 is 0 Å². The number of nitrogens with one attached hydrogen (secondary N) is 1. The summed E-state index contributed by atoms with van der Waals surface area (Å²) in [6.07, 6.45) is 4.19. The molecule has 3 aromatic rings. The average molecular weight is 315 g/mol. The van der Waals surface area contributed by atoms with Gasteiger partial charge in [0, 0.05) is 18.2 Å². The molecular formula is C13H13N7O3. The minimum atomic E-state index is -0.431. The first-order valence-corrected chi connectivity index (χ1v) is 7.25. The molecule has 1 fully saturated rings. The number of tetrazole rings is 1. The second-order valence-electron chi connectivity index (χ2n) is 5.33. The number of aromatic amines is 1. The van der Waals surface area contributed by atoms with Crippen molar-refractivity contribution in [2.45, 2.75) is 25.5 Å². The maximum Gasteiger partial charge on any atom is 0.281 e. The molecule has 10 nitrogen and oxygen atoms in total. The Kier molecular flexibility index (Phi) is 3.23. The second kappa shape index (κ2) is 5.39. The lowest BCUT2D eigenvalue weighted by atomic mass is 10.1. The van der Waals surface area contributed by atoms with Crippen LogP contribution in [0.5, 0.6) is 0 Å². The molecule has 0 amide bonds. The fourth-order valence-electron chi connectivity index (χ4n) is 2.84. The Morgan fingerprint density at radius 3 is 3.00 bits per heavy atom. The van der Waals surface area contributed by atoms with Crippen LogP contribution < -0.4 is 0 Å². The van der Waals surface area contributed by atoms with Gasteiger partial charge in [-0.25, -0.2) is 4.68 Å². The average Bonchev–Trinajstić information content (AvgIpc) is 3.24. The van der Waals surface area contributed by atoms with Crippen molar-refractivity contribution in [1.29, 1.82) is 0 Å². The van der Waals surface area contributed by atoms with Crippen LogP contribution in [0.4, 0.5) is 5.69 Å². The van der Waals surface area contributed by atoms with Crippen molar-refractivity contribution in [2.24, 2.45) is 0 Å². The molecule has 1 unspecified atom stereocenters. The number of rotatable bonds is 3. The molecule has 118 valence electrons. The van der Waals surface area contributed by atoms with E-state index in [1.165, 1.54) is 12.3 Å². The van der Waals surface area contributed by atoms with Crippen molar-refractivity contribution in [2.75, 3.05) is 6.61 Å². The summed E-state index contributed by atoms with van der Waals surface area (Å²) < 4.78 is 7.44. The van der Waals surface area contributed by atoms with E-state index in [2.05, 4.69) is 25.7 Å². The molecule has 1 atom stereocenters. The largest absolute Gasteiger partial charge is 0.356 e. The van der Waals surface area contributed by atoms with Gasteiger partial charge in [0.1, 0.15) is 0 Å². The summed E-state index contributed by atoms with van der Waals surface area (Å²) in [5.74, 6) is 0.298. The van der Waals surface area contributed by atoms with E-state index in [-0.39, 0.29) is 11.9 Å². The molecule has 0 spiro atoms. The molecule has 0 radical (unpaired) electrons.